The SMILES string of the molecule is CC(C(=O)N(C)C[C@@H]1CCCN(C)[C@H]1c1cnn(C)c1)c1cccnc1. The summed E-state index contributed by atoms with van der Waals surface area (Å²) in [7, 11) is 6.04. The Morgan fingerprint density at radius 1 is 1.38 bits per heavy atom. The lowest BCUT2D eigenvalue weighted by Gasteiger charge is -2.40. The molecule has 0 spiro atoms. The van der Waals surface area contributed by atoms with Gasteiger partial charge in [-0.1, -0.05) is 6.07 Å². The monoisotopic (exact) mass is 355 g/mol. The average molecular weight is 355 g/mol. The Morgan fingerprint density at radius 2 is 2.19 bits per heavy atom. The second kappa shape index (κ2) is 7.99. The Bertz CT molecular complexity index is 729. The van der Waals surface area contributed by atoms with E-state index in [0.717, 1.165) is 31.5 Å². The number of likely N-dealkylation sites (tertiary alicyclic amines) is 1. The molecule has 3 heterocycles. The molecule has 1 aliphatic heterocycles. The number of hydrogen-bond donors (Lipinski definition) is 0. The van der Waals surface area contributed by atoms with Crippen LogP contribution in [0.4, 0.5) is 0 Å². The van der Waals surface area contributed by atoms with Gasteiger partial charge in [-0.05, 0) is 50.9 Å². The lowest BCUT2D eigenvalue weighted by atomic mass is 9.85. The Kier molecular flexibility index (Phi) is 5.71. The van der Waals surface area contributed by atoms with Crippen molar-refractivity contribution in [3.8, 4) is 0 Å². The number of carbonyl (C=O) groups excluding carboxylic acids is 1. The van der Waals surface area contributed by atoms with Gasteiger partial charge in [0.2, 0.25) is 5.91 Å². The van der Waals surface area contributed by atoms with E-state index >= 15 is 0 Å². The molecule has 1 saturated heterocycles. The smallest absolute Gasteiger partial charge is 0.229 e. The van der Waals surface area contributed by atoms with Crippen LogP contribution >= 0.6 is 0 Å². The van der Waals surface area contributed by atoms with Crippen molar-refractivity contribution in [2.24, 2.45) is 13.0 Å². The van der Waals surface area contributed by atoms with Crippen molar-refractivity contribution >= 4 is 5.91 Å². The van der Waals surface area contributed by atoms with Crippen LogP contribution in [-0.4, -0.2) is 57.7 Å². The van der Waals surface area contributed by atoms with E-state index in [1.54, 1.807) is 12.4 Å². The van der Waals surface area contributed by atoms with Crippen LogP contribution in [0.3, 0.4) is 0 Å². The van der Waals surface area contributed by atoms with E-state index in [4.69, 9.17) is 0 Å². The van der Waals surface area contributed by atoms with E-state index in [1.807, 2.05) is 48.9 Å². The molecule has 3 atom stereocenters. The van der Waals surface area contributed by atoms with Gasteiger partial charge in [0.1, 0.15) is 0 Å². The molecule has 0 N–H and O–H groups in total. The number of pyridine rings is 1. The number of aryl methyl sites for hydroxylation is 1. The molecule has 2 aromatic rings. The minimum absolute atomic E-state index is 0.149. The third-order valence-corrected chi connectivity index (χ3v) is 5.51. The summed E-state index contributed by atoms with van der Waals surface area (Å²) in [6.45, 7) is 3.80. The summed E-state index contributed by atoms with van der Waals surface area (Å²) in [5.41, 5.74) is 2.20. The summed E-state index contributed by atoms with van der Waals surface area (Å²) in [6.07, 6.45) is 9.87. The topological polar surface area (TPSA) is 54.3 Å². The molecule has 1 unspecified atom stereocenters. The van der Waals surface area contributed by atoms with Gasteiger partial charge in [0.15, 0.2) is 0 Å². The number of piperidine rings is 1. The number of amides is 1. The molecule has 1 amide bonds. The molecular formula is C20H29N5O. The number of rotatable bonds is 5. The lowest BCUT2D eigenvalue weighted by molar-refractivity contribution is -0.132. The molecule has 0 radical (unpaired) electrons. The first-order valence-corrected chi connectivity index (χ1v) is 9.31. The van der Waals surface area contributed by atoms with Crippen LogP contribution in [0.2, 0.25) is 0 Å². The Labute approximate surface area is 155 Å². The molecule has 6 nitrogen and oxygen atoms in total. The fourth-order valence-corrected chi connectivity index (χ4v) is 4.12. The van der Waals surface area contributed by atoms with Crippen molar-refractivity contribution in [1.29, 1.82) is 0 Å². The van der Waals surface area contributed by atoms with Gasteiger partial charge in [-0.2, -0.15) is 5.10 Å². The molecule has 140 valence electrons. The number of aromatic nitrogens is 3. The van der Waals surface area contributed by atoms with Crippen molar-refractivity contribution in [2.75, 3.05) is 27.2 Å². The van der Waals surface area contributed by atoms with Gasteiger partial charge in [0.05, 0.1) is 12.1 Å². The molecule has 0 aromatic carbocycles. The molecule has 2 aromatic heterocycles. The Balaban J connectivity index is 1.72. The predicted molar refractivity (Wildman–Crippen MR) is 102 cm³/mol. The standard InChI is InChI=1S/C20H29N5O/c1-15(16-7-5-9-21-11-16)20(26)24(3)13-17-8-6-10-23(2)19(17)18-12-22-25(4)14-18/h5,7,9,11-12,14-15,17,19H,6,8,10,13H2,1-4H3/t15?,17-,19+/m0/s1. The van der Waals surface area contributed by atoms with Gasteiger partial charge in [-0.15, -0.1) is 0 Å². The lowest BCUT2D eigenvalue weighted by Crippen LogP contribution is -2.43. The van der Waals surface area contributed by atoms with E-state index in [-0.39, 0.29) is 11.8 Å². The quantitative estimate of drug-likeness (QED) is 0.827. The summed E-state index contributed by atoms with van der Waals surface area (Å²) in [6, 6.07) is 4.16. The third-order valence-electron chi connectivity index (χ3n) is 5.51. The Hall–Kier alpha value is -2.21. The van der Waals surface area contributed by atoms with Gasteiger partial charge >= 0.3 is 0 Å². The fraction of sp³-hybridized carbons (Fsp3) is 0.550. The number of carbonyl (C=O) groups is 1. The predicted octanol–water partition coefficient (Wildman–Crippen LogP) is 2.46. The van der Waals surface area contributed by atoms with Gasteiger partial charge in [-0.25, -0.2) is 0 Å². The maximum absolute atomic E-state index is 12.9. The molecule has 1 fully saturated rings. The molecule has 0 saturated carbocycles. The molecule has 0 aliphatic carbocycles. The first-order chi connectivity index (χ1) is 12.5. The molecule has 1 aliphatic rings. The van der Waals surface area contributed by atoms with Crippen LogP contribution in [0, 0.1) is 5.92 Å². The van der Waals surface area contributed by atoms with Crippen LogP contribution < -0.4 is 0 Å². The van der Waals surface area contributed by atoms with Crippen molar-refractivity contribution in [3.05, 3.63) is 48.0 Å². The minimum atomic E-state index is -0.174. The highest BCUT2D eigenvalue weighted by molar-refractivity contribution is 5.83. The second-order valence-electron chi connectivity index (χ2n) is 7.50. The first-order valence-electron chi connectivity index (χ1n) is 9.31. The number of hydrogen-bond acceptors (Lipinski definition) is 4. The molecular weight excluding hydrogens is 326 g/mol. The minimum Gasteiger partial charge on any atom is -0.345 e. The highest BCUT2D eigenvalue weighted by Crippen LogP contribution is 2.35. The highest BCUT2D eigenvalue weighted by Gasteiger charge is 2.33. The fourth-order valence-electron chi connectivity index (χ4n) is 4.12. The second-order valence-corrected chi connectivity index (χ2v) is 7.50. The summed E-state index contributed by atoms with van der Waals surface area (Å²) in [5, 5.41) is 4.35. The summed E-state index contributed by atoms with van der Waals surface area (Å²) in [4.78, 5) is 21.3. The first kappa shape index (κ1) is 18.6. The molecule has 0 bridgehead atoms. The van der Waals surface area contributed by atoms with Gasteiger partial charge < -0.3 is 4.90 Å². The maximum atomic E-state index is 12.9. The van der Waals surface area contributed by atoms with E-state index in [2.05, 4.69) is 28.2 Å². The van der Waals surface area contributed by atoms with Gasteiger partial charge in [0, 0.05) is 50.8 Å². The zero-order chi connectivity index (χ0) is 18.7. The average Bonchev–Trinajstić information content (AvgIpc) is 3.07. The van der Waals surface area contributed by atoms with E-state index in [9.17, 15) is 4.79 Å². The maximum Gasteiger partial charge on any atom is 0.229 e. The van der Waals surface area contributed by atoms with E-state index in [1.165, 1.54) is 5.56 Å². The van der Waals surface area contributed by atoms with E-state index in [0.29, 0.717) is 12.0 Å². The number of nitrogens with zero attached hydrogens (tertiary/aromatic N) is 5. The zero-order valence-electron chi connectivity index (χ0n) is 16.2. The van der Waals surface area contributed by atoms with Crippen LogP contribution in [0.15, 0.2) is 36.9 Å². The molecule has 26 heavy (non-hydrogen) atoms. The third kappa shape index (κ3) is 3.96. The van der Waals surface area contributed by atoms with Crippen molar-refractivity contribution < 1.29 is 4.79 Å². The van der Waals surface area contributed by atoms with Gasteiger partial charge in [-0.3, -0.25) is 19.4 Å². The largest absolute Gasteiger partial charge is 0.345 e. The van der Waals surface area contributed by atoms with Crippen LogP contribution in [0.5, 0.6) is 0 Å². The number of likely N-dealkylation sites (N-methyl/N-ethyl adjacent to an activating group) is 1. The van der Waals surface area contributed by atoms with Crippen molar-refractivity contribution in [2.45, 2.75) is 31.7 Å². The van der Waals surface area contributed by atoms with Gasteiger partial charge in [0.25, 0.3) is 0 Å². The summed E-state index contributed by atoms with van der Waals surface area (Å²) < 4.78 is 1.86. The summed E-state index contributed by atoms with van der Waals surface area (Å²) in [5.74, 6) is 0.385. The van der Waals surface area contributed by atoms with E-state index < -0.39 is 0 Å². The zero-order valence-corrected chi connectivity index (χ0v) is 16.2. The van der Waals surface area contributed by atoms with Crippen LogP contribution in [0.25, 0.3) is 0 Å². The van der Waals surface area contributed by atoms with Crippen molar-refractivity contribution in [3.63, 3.8) is 0 Å². The Morgan fingerprint density at radius 3 is 2.85 bits per heavy atom. The summed E-state index contributed by atoms with van der Waals surface area (Å²) >= 11 is 0. The van der Waals surface area contributed by atoms with Crippen LogP contribution in [0.1, 0.15) is 42.9 Å². The normalized spacial score (nSPS) is 22.2. The molecule has 3 rings (SSSR count). The molecule has 6 heteroatoms. The highest BCUT2D eigenvalue weighted by atomic mass is 16.2. The van der Waals surface area contributed by atoms with Crippen molar-refractivity contribution in [1.82, 2.24) is 24.6 Å². The van der Waals surface area contributed by atoms with Crippen LogP contribution in [-0.2, 0) is 11.8 Å².